The molecule has 0 spiro atoms. The third-order valence-corrected chi connectivity index (χ3v) is 12.4. The SMILES string of the molecule is C=CC1=C(/C=C(\C)c2cccc3c4ccccc4n(-c4ccccc4)c23)N(C2Nc3ccccc3C(c3ccc(-c4cccc5ccccc45)cc3)N2)c2ccccc2C=C1. The van der Waals surface area contributed by atoms with Crippen molar-refractivity contribution in [3.8, 4) is 16.8 Å². The lowest BCUT2D eigenvalue weighted by Crippen LogP contribution is -2.54. The summed E-state index contributed by atoms with van der Waals surface area (Å²) >= 11 is 0. The molecule has 2 aliphatic heterocycles. The van der Waals surface area contributed by atoms with Crippen LogP contribution in [0.1, 0.15) is 35.2 Å². The summed E-state index contributed by atoms with van der Waals surface area (Å²) in [7, 11) is 0. The maximum absolute atomic E-state index is 4.37. The molecule has 8 aromatic carbocycles. The Kier molecular flexibility index (Phi) is 9.06. The molecule has 0 fully saturated rings. The van der Waals surface area contributed by atoms with Crippen LogP contribution in [0.25, 0.3) is 61.0 Å². The van der Waals surface area contributed by atoms with Gasteiger partial charge in [0.25, 0.3) is 0 Å². The summed E-state index contributed by atoms with van der Waals surface area (Å²) in [5.41, 5.74) is 16.1. The van der Waals surface area contributed by atoms with Crippen molar-refractivity contribution in [3.05, 3.63) is 246 Å². The van der Waals surface area contributed by atoms with Gasteiger partial charge in [-0.15, -0.1) is 0 Å². The fourth-order valence-electron chi connectivity index (χ4n) is 9.51. The van der Waals surface area contributed by atoms with E-state index < -0.39 is 0 Å². The highest BCUT2D eigenvalue weighted by Gasteiger charge is 2.34. The molecule has 11 rings (SSSR count). The highest BCUT2D eigenvalue weighted by molar-refractivity contribution is 6.12. The van der Waals surface area contributed by atoms with Gasteiger partial charge in [0.15, 0.2) is 6.29 Å². The summed E-state index contributed by atoms with van der Waals surface area (Å²) in [4.78, 5) is 2.43. The fourth-order valence-corrected chi connectivity index (χ4v) is 9.51. The van der Waals surface area contributed by atoms with E-state index in [1.807, 2.05) is 6.08 Å². The van der Waals surface area contributed by atoms with Crippen LogP contribution < -0.4 is 15.5 Å². The molecular weight excluding hydrogens is 741 g/mol. The van der Waals surface area contributed by atoms with Crippen molar-refractivity contribution in [1.82, 2.24) is 9.88 Å². The molecule has 2 unspecified atom stereocenters. The van der Waals surface area contributed by atoms with Crippen molar-refractivity contribution in [1.29, 1.82) is 0 Å². The molecule has 9 aromatic rings. The first-order valence-electron chi connectivity index (χ1n) is 21.0. The molecule has 0 radical (unpaired) electrons. The van der Waals surface area contributed by atoms with E-state index >= 15 is 0 Å². The number of aromatic nitrogens is 1. The Morgan fingerprint density at radius 3 is 2.20 bits per heavy atom. The minimum atomic E-state index is -0.320. The van der Waals surface area contributed by atoms with Gasteiger partial charge in [-0.2, -0.15) is 0 Å². The molecule has 0 saturated heterocycles. The molecule has 0 aliphatic carbocycles. The highest BCUT2D eigenvalue weighted by Crippen LogP contribution is 2.42. The monoisotopic (exact) mass is 784 g/mol. The molecule has 4 nitrogen and oxygen atoms in total. The van der Waals surface area contributed by atoms with E-state index in [1.54, 1.807) is 0 Å². The fraction of sp³-hybridized carbons (Fsp3) is 0.0526. The van der Waals surface area contributed by atoms with Gasteiger partial charge < -0.3 is 14.8 Å². The Labute approximate surface area is 356 Å². The number of hydrogen-bond acceptors (Lipinski definition) is 3. The second-order valence-electron chi connectivity index (χ2n) is 15.9. The highest BCUT2D eigenvalue weighted by atomic mass is 15.4. The number of benzene rings is 8. The normalized spacial score (nSPS) is 16.3. The molecule has 0 amide bonds. The smallest absolute Gasteiger partial charge is 0.160 e. The van der Waals surface area contributed by atoms with Crippen LogP contribution in [0.3, 0.4) is 0 Å². The van der Waals surface area contributed by atoms with E-state index in [1.165, 1.54) is 60.4 Å². The Morgan fingerprint density at radius 1 is 0.623 bits per heavy atom. The first-order chi connectivity index (χ1) is 30.1. The number of nitrogens with one attached hydrogen (secondary N) is 2. The molecule has 292 valence electrons. The molecule has 2 aliphatic rings. The standard InChI is InChI=1S/C57H44N4/c1-3-39-31-34-42-18-8-13-29-52(42)61(54(39)37-38(2)45-25-16-27-49-48-23-11-14-30-53(48)60(56(45)49)44-20-5-4-6-21-44)57-58-51-28-12-10-24-50(51)55(59-57)43-35-32-41(33-36-43)47-26-15-19-40-17-7-9-22-46(40)47/h3-37,55,57-59H,1H2,2H3/b38-37+. The quantitative estimate of drug-likeness (QED) is 0.169. The Morgan fingerprint density at radius 2 is 1.33 bits per heavy atom. The van der Waals surface area contributed by atoms with E-state index in [4.69, 9.17) is 0 Å². The van der Waals surface area contributed by atoms with E-state index in [0.29, 0.717) is 0 Å². The number of nitrogens with zero attached hydrogens (tertiary/aromatic N) is 2. The average molecular weight is 785 g/mol. The maximum Gasteiger partial charge on any atom is 0.160 e. The van der Waals surface area contributed by atoms with Gasteiger partial charge in [-0.05, 0) is 93.1 Å². The number of allylic oxidation sites excluding steroid dienone is 5. The van der Waals surface area contributed by atoms with Crippen LogP contribution in [-0.4, -0.2) is 10.9 Å². The third kappa shape index (κ3) is 6.28. The molecule has 0 bridgehead atoms. The van der Waals surface area contributed by atoms with Crippen LogP contribution in [0, 0.1) is 0 Å². The van der Waals surface area contributed by atoms with E-state index in [-0.39, 0.29) is 12.3 Å². The van der Waals surface area contributed by atoms with E-state index in [9.17, 15) is 0 Å². The van der Waals surface area contributed by atoms with Gasteiger partial charge in [-0.3, -0.25) is 5.32 Å². The van der Waals surface area contributed by atoms with Gasteiger partial charge in [0.1, 0.15) is 0 Å². The number of hydrogen-bond donors (Lipinski definition) is 2. The van der Waals surface area contributed by atoms with Crippen molar-refractivity contribution in [2.75, 3.05) is 10.2 Å². The van der Waals surface area contributed by atoms with Crippen LogP contribution >= 0.6 is 0 Å². The molecular formula is C57H44N4. The molecule has 1 aromatic heterocycles. The van der Waals surface area contributed by atoms with Gasteiger partial charge in [0.05, 0.1) is 28.5 Å². The van der Waals surface area contributed by atoms with Crippen LogP contribution in [0.5, 0.6) is 0 Å². The lowest BCUT2D eigenvalue weighted by Gasteiger charge is -2.43. The minimum Gasteiger partial charge on any atom is -0.352 e. The van der Waals surface area contributed by atoms with Gasteiger partial charge in [-0.1, -0.05) is 183 Å². The van der Waals surface area contributed by atoms with Gasteiger partial charge in [0, 0.05) is 27.7 Å². The predicted molar refractivity (Wildman–Crippen MR) is 258 cm³/mol. The van der Waals surface area contributed by atoms with Crippen LogP contribution in [0.15, 0.2) is 224 Å². The third-order valence-electron chi connectivity index (χ3n) is 12.4. The van der Waals surface area contributed by atoms with Crippen molar-refractivity contribution >= 4 is 55.6 Å². The average Bonchev–Trinajstić information content (AvgIpc) is 3.58. The maximum atomic E-state index is 4.37. The van der Waals surface area contributed by atoms with Crippen molar-refractivity contribution in [2.45, 2.75) is 19.3 Å². The van der Waals surface area contributed by atoms with Crippen molar-refractivity contribution in [2.24, 2.45) is 0 Å². The summed E-state index contributed by atoms with van der Waals surface area (Å²) in [6.45, 7) is 6.61. The summed E-state index contributed by atoms with van der Waals surface area (Å²) in [6, 6.07) is 67.7. The number of anilines is 2. The van der Waals surface area contributed by atoms with E-state index in [2.05, 4.69) is 240 Å². The van der Waals surface area contributed by atoms with Crippen molar-refractivity contribution < 1.29 is 0 Å². The summed E-state index contributed by atoms with van der Waals surface area (Å²) in [5, 5.41) is 13.0. The topological polar surface area (TPSA) is 32.2 Å². The zero-order chi connectivity index (χ0) is 40.9. The second kappa shape index (κ2) is 15.2. The number of rotatable bonds is 7. The van der Waals surface area contributed by atoms with E-state index in [0.717, 1.165) is 39.5 Å². The molecule has 3 heterocycles. The first-order valence-corrected chi connectivity index (χ1v) is 21.0. The van der Waals surface area contributed by atoms with Crippen LogP contribution in [0.2, 0.25) is 0 Å². The molecule has 2 atom stereocenters. The zero-order valence-electron chi connectivity index (χ0n) is 34.0. The molecule has 61 heavy (non-hydrogen) atoms. The summed E-state index contributed by atoms with van der Waals surface area (Å²) in [6.07, 6.45) is 8.43. The predicted octanol–water partition coefficient (Wildman–Crippen LogP) is 14.1. The lowest BCUT2D eigenvalue weighted by atomic mass is 9.92. The van der Waals surface area contributed by atoms with Gasteiger partial charge in [0.2, 0.25) is 0 Å². The molecule has 4 heteroatoms. The second-order valence-corrected chi connectivity index (χ2v) is 15.9. The molecule has 0 saturated carbocycles. The summed E-state index contributed by atoms with van der Waals surface area (Å²) < 4.78 is 2.41. The summed E-state index contributed by atoms with van der Waals surface area (Å²) in [5.74, 6) is 0. The zero-order valence-corrected chi connectivity index (χ0v) is 34.0. The Bertz CT molecular complexity index is 3230. The van der Waals surface area contributed by atoms with Gasteiger partial charge >= 0.3 is 0 Å². The number of para-hydroxylation sites is 5. The molecule has 2 N–H and O–H groups in total. The number of fused-ring (bicyclic) bond motifs is 6. The first kappa shape index (κ1) is 36.4. The van der Waals surface area contributed by atoms with Crippen molar-refractivity contribution in [3.63, 3.8) is 0 Å². The minimum absolute atomic E-state index is 0.0822. The van der Waals surface area contributed by atoms with Crippen LogP contribution in [-0.2, 0) is 0 Å². The Hall–Kier alpha value is -7.66. The Balaban J connectivity index is 1.05. The van der Waals surface area contributed by atoms with Crippen LogP contribution in [0.4, 0.5) is 11.4 Å². The lowest BCUT2D eigenvalue weighted by molar-refractivity contribution is 0.487. The largest absolute Gasteiger partial charge is 0.352 e. The van der Waals surface area contributed by atoms with Gasteiger partial charge in [-0.25, -0.2) is 0 Å².